The van der Waals surface area contributed by atoms with Crippen LogP contribution in [-0.4, -0.2) is 64.5 Å². The van der Waals surface area contributed by atoms with Gasteiger partial charge in [0.15, 0.2) is 8.32 Å². The van der Waals surface area contributed by atoms with Crippen molar-refractivity contribution in [3.8, 4) is 0 Å². The van der Waals surface area contributed by atoms with Crippen LogP contribution in [-0.2, 0) is 18.3 Å². The van der Waals surface area contributed by atoms with Gasteiger partial charge in [-0.2, -0.15) is 0 Å². The fourth-order valence-electron chi connectivity index (χ4n) is 6.18. The molecule has 5 nitrogen and oxygen atoms in total. The van der Waals surface area contributed by atoms with Crippen molar-refractivity contribution < 1.29 is 23.4 Å². The van der Waals surface area contributed by atoms with E-state index in [0.717, 1.165) is 12.8 Å². The maximum Gasteiger partial charge on any atom is 0.261 e. The van der Waals surface area contributed by atoms with Crippen molar-refractivity contribution in [2.75, 3.05) is 6.61 Å². The topological polar surface area (TPSA) is 63.8 Å². The molecule has 2 aliphatic heterocycles. The van der Waals surface area contributed by atoms with Gasteiger partial charge in [0.2, 0.25) is 0 Å². The summed E-state index contributed by atoms with van der Waals surface area (Å²) in [6.07, 6.45) is 3.04. The van der Waals surface area contributed by atoms with Crippen LogP contribution in [0.3, 0.4) is 0 Å². The Morgan fingerprint density at radius 1 is 0.952 bits per heavy atom. The van der Waals surface area contributed by atoms with E-state index in [2.05, 4.69) is 129 Å². The number of aliphatic hydroxyl groups excluding tert-OH is 1. The lowest BCUT2D eigenvalue weighted by Gasteiger charge is -2.44. The van der Waals surface area contributed by atoms with Gasteiger partial charge in [0, 0.05) is 13.0 Å². The molecule has 2 aromatic rings. The maximum absolute atomic E-state index is 10.4. The molecule has 6 atom stereocenters. The fourth-order valence-corrected chi connectivity index (χ4v) is 12.1. The molecule has 4 rings (SSSR count). The Kier molecular flexibility index (Phi) is 9.85. The van der Waals surface area contributed by atoms with E-state index >= 15 is 0 Å². The first-order valence-electron chi connectivity index (χ1n) is 15.6. The van der Waals surface area contributed by atoms with Gasteiger partial charge in [-0.05, 0) is 53.3 Å². The van der Waals surface area contributed by atoms with Crippen molar-refractivity contribution in [1.82, 2.24) is 0 Å². The third kappa shape index (κ3) is 7.04. The summed E-state index contributed by atoms with van der Waals surface area (Å²) in [4.78, 5) is 0. The summed E-state index contributed by atoms with van der Waals surface area (Å²) in [7, 11) is -4.70. The van der Waals surface area contributed by atoms with Gasteiger partial charge in [0.05, 0.1) is 17.8 Å². The highest BCUT2D eigenvalue weighted by Crippen LogP contribution is 2.51. The molecule has 232 valence electrons. The largest absolute Gasteiger partial charge is 0.414 e. The zero-order valence-electron chi connectivity index (χ0n) is 27.4. The molecule has 2 saturated heterocycles. The number of aliphatic hydroxyl groups is 1. The summed E-state index contributed by atoms with van der Waals surface area (Å²) >= 11 is 0. The third-order valence-electron chi connectivity index (χ3n) is 9.66. The van der Waals surface area contributed by atoms with Crippen molar-refractivity contribution in [2.24, 2.45) is 0 Å². The molecule has 0 bridgehead atoms. The molecule has 2 aliphatic rings. The zero-order valence-corrected chi connectivity index (χ0v) is 29.4. The molecule has 1 N–H and O–H groups in total. The van der Waals surface area contributed by atoms with Gasteiger partial charge in [-0.25, -0.2) is 0 Å². The number of epoxide rings is 2. The summed E-state index contributed by atoms with van der Waals surface area (Å²) in [5.74, 6) is 0. The fraction of sp³-hybridized carbons (Fsp3) is 0.600. The number of benzene rings is 2. The lowest BCUT2D eigenvalue weighted by atomic mass is 9.95. The number of hydrogen-bond donors (Lipinski definition) is 1. The van der Waals surface area contributed by atoms with Gasteiger partial charge in [-0.15, -0.1) is 6.58 Å². The molecule has 0 unspecified atom stereocenters. The van der Waals surface area contributed by atoms with Crippen molar-refractivity contribution in [2.45, 2.75) is 127 Å². The van der Waals surface area contributed by atoms with Crippen molar-refractivity contribution in [3.05, 3.63) is 73.3 Å². The highest BCUT2D eigenvalue weighted by molar-refractivity contribution is 6.99. The van der Waals surface area contributed by atoms with Crippen LogP contribution in [0.1, 0.15) is 67.7 Å². The second kappa shape index (κ2) is 12.4. The Hall–Kier alpha value is -1.59. The molecule has 0 amide bonds. The predicted octanol–water partition coefficient (Wildman–Crippen LogP) is 6.60. The van der Waals surface area contributed by atoms with Crippen molar-refractivity contribution in [1.29, 1.82) is 0 Å². The molecule has 0 spiro atoms. The molecule has 2 aromatic carbocycles. The van der Waals surface area contributed by atoms with E-state index < -0.39 is 22.7 Å². The van der Waals surface area contributed by atoms with Crippen molar-refractivity contribution >= 4 is 27.0 Å². The van der Waals surface area contributed by atoms with E-state index in [1.807, 2.05) is 0 Å². The normalized spacial score (nSPS) is 26.0. The van der Waals surface area contributed by atoms with E-state index in [1.165, 1.54) is 10.4 Å². The molecule has 7 heteroatoms. The third-order valence-corrected chi connectivity index (χ3v) is 19.2. The van der Waals surface area contributed by atoms with Crippen LogP contribution >= 0.6 is 0 Å². The lowest BCUT2D eigenvalue weighted by Crippen LogP contribution is -2.66. The quantitative estimate of drug-likeness (QED) is 0.148. The van der Waals surface area contributed by atoms with Gasteiger partial charge in [0.1, 0.15) is 18.3 Å². The van der Waals surface area contributed by atoms with Crippen LogP contribution in [0.15, 0.2) is 73.3 Å². The molecule has 2 fully saturated rings. The van der Waals surface area contributed by atoms with Crippen LogP contribution in [0.25, 0.3) is 0 Å². The first-order chi connectivity index (χ1) is 19.6. The van der Waals surface area contributed by atoms with Crippen LogP contribution < -0.4 is 10.4 Å². The minimum Gasteiger partial charge on any atom is -0.414 e. The smallest absolute Gasteiger partial charge is 0.261 e. The first kappa shape index (κ1) is 33.3. The summed E-state index contributed by atoms with van der Waals surface area (Å²) < 4.78 is 26.5. The highest BCUT2D eigenvalue weighted by Gasteiger charge is 2.66. The predicted molar refractivity (Wildman–Crippen MR) is 178 cm³/mol. The average Bonchev–Trinajstić information content (AvgIpc) is 3.82. The summed E-state index contributed by atoms with van der Waals surface area (Å²) in [6, 6.07) is 21.6. The second-order valence-corrected chi connectivity index (χ2v) is 24.1. The van der Waals surface area contributed by atoms with E-state index in [1.54, 1.807) is 6.08 Å². The Bertz CT molecular complexity index is 1130. The van der Waals surface area contributed by atoms with Gasteiger partial charge in [-0.1, -0.05) is 108 Å². The van der Waals surface area contributed by atoms with E-state index in [9.17, 15) is 5.11 Å². The number of hydrogen-bond acceptors (Lipinski definition) is 5. The highest BCUT2D eigenvalue weighted by atomic mass is 28.4. The van der Waals surface area contributed by atoms with E-state index in [4.69, 9.17) is 18.3 Å². The van der Waals surface area contributed by atoms with Gasteiger partial charge < -0.3 is 23.4 Å². The molecular weight excluding hydrogens is 557 g/mol. The molecule has 0 radical (unpaired) electrons. The Morgan fingerprint density at radius 2 is 1.50 bits per heavy atom. The van der Waals surface area contributed by atoms with Gasteiger partial charge in [-0.3, -0.25) is 0 Å². The zero-order chi connectivity index (χ0) is 31.0. The Labute approximate surface area is 256 Å². The van der Waals surface area contributed by atoms with E-state index in [-0.39, 0.29) is 40.1 Å². The summed E-state index contributed by atoms with van der Waals surface area (Å²) in [5.41, 5.74) is -0.336. The number of rotatable bonds is 14. The monoisotopic (exact) mass is 610 g/mol. The first-order valence-corrected chi connectivity index (χ1v) is 20.4. The van der Waals surface area contributed by atoms with E-state index in [0.29, 0.717) is 13.0 Å². The molecule has 0 aliphatic carbocycles. The van der Waals surface area contributed by atoms with Crippen LogP contribution in [0.5, 0.6) is 0 Å². The minimum atomic E-state index is -2.64. The van der Waals surface area contributed by atoms with Gasteiger partial charge >= 0.3 is 0 Å². The lowest BCUT2D eigenvalue weighted by molar-refractivity contribution is 0.110. The van der Waals surface area contributed by atoms with Crippen LogP contribution in [0.4, 0.5) is 0 Å². The molecule has 42 heavy (non-hydrogen) atoms. The molecule has 0 saturated carbocycles. The minimum absolute atomic E-state index is 0.00518. The SMILES string of the molecule is C=CC[C@H](O)[C@H]1O[C@@H]1[C@H]1O[C@]1(C)C[C@@H](CCO[Si](c1ccccc1)(c1ccccc1)C(C)(C)C)O[Si](C)(C)C(C)(C)C. The van der Waals surface area contributed by atoms with Crippen LogP contribution in [0.2, 0.25) is 23.2 Å². The van der Waals surface area contributed by atoms with Gasteiger partial charge in [0.25, 0.3) is 8.32 Å². The maximum atomic E-state index is 10.4. The molecule has 2 heterocycles. The Morgan fingerprint density at radius 3 is 1.98 bits per heavy atom. The average molecular weight is 611 g/mol. The summed E-state index contributed by atoms with van der Waals surface area (Å²) in [6.45, 7) is 25.0. The standard InChI is InChI=1S/C35H54O5Si2/c1-11-18-29(36)30-31(38-30)32-35(8,39-32)25-26(40-41(9,10)33(2,3)4)23-24-37-42(34(5,6)7,27-19-14-12-15-20-27)28-21-16-13-17-22-28/h11-17,19-22,26,29-32,36H,1,18,23-25H2,2-10H3/t26-,29+,30-,31+,32-,35-/m1/s1. The van der Waals surface area contributed by atoms with Crippen molar-refractivity contribution in [3.63, 3.8) is 0 Å². The van der Waals surface area contributed by atoms with Crippen LogP contribution in [0, 0.1) is 0 Å². The molecule has 0 aromatic heterocycles. The second-order valence-electron chi connectivity index (χ2n) is 15.0. The number of ether oxygens (including phenoxy) is 2. The Balaban J connectivity index is 1.55. The summed E-state index contributed by atoms with van der Waals surface area (Å²) in [5, 5.41) is 13.0. The molecular formula is C35H54O5Si2.